The van der Waals surface area contributed by atoms with E-state index in [9.17, 15) is 9.59 Å². The van der Waals surface area contributed by atoms with Crippen LogP contribution >= 0.6 is 0 Å². The third-order valence-corrected chi connectivity index (χ3v) is 7.18. The molecule has 0 saturated carbocycles. The quantitative estimate of drug-likeness (QED) is 0.240. The standard InChI is InChI=1S/C32H29N5O2/c1-23-14-15-33-29(21-23)36-19-17-35(18-20-36)26-12-10-25(11-13-26)34-32(39)31(38)30-28(24-7-3-2-4-8-24)22-27-9-5-6-16-37(27)30/h2-16,21-22H,17-20H2,1H3,(H,34,39). The number of rotatable bonds is 6. The van der Waals surface area contributed by atoms with E-state index in [1.165, 1.54) is 5.56 Å². The van der Waals surface area contributed by atoms with Gasteiger partial charge in [-0.25, -0.2) is 4.98 Å². The molecule has 5 aromatic rings. The Bertz CT molecular complexity index is 1630. The topological polar surface area (TPSA) is 70.0 Å². The highest BCUT2D eigenvalue weighted by atomic mass is 16.2. The van der Waals surface area contributed by atoms with Gasteiger partial charge in [-0.2, -0.15) is 0 Å². The number of carbonyl (C=O) groups excluding carboxylic acids is 2. The highest BCUT2D eigenvalue weighted by Crippen LogP contribution is 2.29. The van der Waals surface area contributed by atoms with Crippen LogP contribution in [0, 0.1) is 6.92 Å². The minimum atomic E-state index is -0.664. The predicted molar refractivity (Wildman–Crippen MR) is 156 cm³/mol. The maximum Gasteiger partial charge on any atom is 0.298 e. The lowest BCUT2D eigenvalue weighted by Crippen LogP contribution is -2.46. The van der Waals surface area contributed by atoms with Crippen LogP contribution in [0.5, 0.6) is 0 Å². The highest BCUT2D eigenvalue weighted by molar-refractivity contribution is 6.47. The zero-order valence-corrected chi connectivity index (χ0v) is 21.7. The number of ketones is 1. The van der Waals surface area contributed by atoms with Crippen LogP contribution in [-0.2, 0) is 4.79 Å². The molecule has 1 fully saturated rings. The Morgan fingerprint density at radius 3 is 2.26 bits per heavy atom. The van der Waals surface area contributed by atoms with E-state index in [0.717, 1.165) is 54.3 Å². The molecular formula is C32H29N5O2. The molecule has 0 aliphatic carbocycles. The molecule has 194 valence electrons. The van der Waals surface area contributed by atoms with Crippen LogP contribution in [0.4, 0.5) is 17.2 Å². The summed E-state index contributed by atoms with van der Waals surface area (Å²) in [5, 5.41) is 2.80. The first-order valence-corrected chi connectivity index (χ1v) is 13.1. The molecule has 0 radical (unpaired) electrons. The molecule has 7 heteroatoms. The maximum atomic E-state index is 13.5. The second-order valence-electron chi connectivity index (χ2n) is 9.76. The Balaban J connectivity index is 1.15. The fourth-order valence-corrected chi connectivity index (χ4v) is 5.13. The summed E-state index contributed by atoms with van der Waals surface area (Å²) >= 11 is 0. The third-order valence-electron chi connectivity index (χ3n) is 7.18. The number of anilines is 3. The molecule has 0 spiro atoms. The van der Waals surface area contributed by atoms with Crippen molar-refractivity contribution in [3.63, 3.8) is 0 Å². The van der Waals surface area contributed by atoms with Crippen LogP contribution in [0.2, 0.25) is 0 Å². The number of pyridine rings is 2. The van der Waals surface area contributed by atoms with E-state index in [2.05, 4.69) is 33.1 Å². The van der Waals surface area contributed by atoms with Gasteiger partial charge in [-0.1, -0.05) is 36.4 Å². The Kier molecular flexibility index (Phi) is 6.55. The van der Waals surface area contributed by atoms with Gasteiger partial charge in [0.15, 0.2) is 0 Å². The molecule has 0 atom stereocenters. The van der Waals surface area contributed by atoms with Crippen molar-refractivity contribution in [1.82, 2.24) is 9.38 Å². The molecule has 0 bridgehead atoms. The first-order valence-electron chi connectivity index (χ1n) is 13.1. The van der Waals surface area contributed by atoms with E-state index >= 15 is 0 Å². The van der Waals surface area contributed by atoms with Crippen LogP contribution in [0.3, 0.4) is 0 Å². The van der Waals surface area contributed by atoms with Gasteiger partial charge in [0.1, 0.15) is 11.5 Å². The molecule has 3 aromatic heterocycles. The smallest absolute Gasteiger partial charge is 0.298 e. The summed E-state index contributed by atoms with van der Waals surface area (Å²) < 4.78 is 1.78. The summed E-state index contributed by atoms with van der Waals surface area (Å²) in [6.07, 6.45) is 3.67. The Hall–Kier alpha value is -4.91. The summed E-state index contributed by atoms with van der Waals surface area (Å²) in [5.41, 5.74) is 5.71. The van der Waals surface area contributed by atoms with E-state index in [4.69, 9.17) is 0 Å². The lowest BCUT2D eigenvalue weighted by atomic mass is 10.0. The van der Waals surface area contributed by atoms with Gasteiger partial charge < -0.3 is 19.5 Å². The number of nitrogens with one attached hydrogen (secondary N) is 1. The lowest BCUT2D eigenvalue weighted by molar-refractivity contribution is -0.112. The predicted octanol–water partition coefficient (Wildman–Crippen LogP) is 5.46. The summed E-state index contributed by atoms with van der Waals surface area (Å²) in [6, 6.07) is 29.1. The molecule has 7 nitrogen and oxygen atoms in total. The minimum Gasteiger partial charge on any atom is -0.368 e. The monoisotopic (exact) mass is 515 g/mol. The number of nitrogens with zero attached hydrogens (tertiary/aromatic N) is 4. The second kappa shape index (κ2) is 10.5. The molecule has 6 rings (SSSR count). The number of piperazine rings is 1. The summed E-state index contributed by atoms with van der Waals surface area (Å²) in [6.45, 7) is 5.61. The first-order chi connectivity index (χ1) is 19.1. The zero-order valence-electron chi connectivity index (χ0n) is 21.7. The average molecular weight is 516 g/mol. The molecule has 2 aromatic carbocycles. The van der Waals surface area contributed by atoms with Crippen LogP contribution in [0.25, 0.3) is 16.6 Å². The molecule has 0 unspecified atom stereocenters. The van der Waals surface area contributed by atoms with E-state index in [-0.39, 0.29) is 0 Å². The fraction of sp³-hybridized carbons (Fsp3) is 0.156. The molecule has 39 heavy (non-hydrogen) atoms. The molecule has 1 saturated heterocycles. The van der Waals surface area contributed by atoms with Gasteiger partial charge in [-0.15, -0.1) is 0 Å². The van der Waals surface area contributed by atoms with Crippen LogP contribution in [0.15, 0.2) is 103 Å². The van der Waals surface area contributed by atoms with Gasteiger partial charge in [-0.3, -0.25) is 9.59 Å². The number of Topliss-reactive ketones (excluding diaryl/α,β-unsaturated/α-hetero) is 1. The van der Waals surface area contributed by atoms with Crippen molar-refractivity contribution in [1.29, 1.82) is 0 Å². The zero-order chi connectivity index (χ0) is 26.8. The number of aryl methyl sites for hydroxylation is 1. The van der Waals surface area contributed by atoms with Gasteiger partial charge in [0, 0.05) is 61.0 Å². The fourth-order valence-electron chi connectivity index (χ4n) is 5.13. The van der Waals surface area contributed by atoms with Crippen molar-refractivity contribution in [3.05, 3.63) is 115 Å². The molecular weight excluding hydrogens is 486 g/mol. The van der Waals surface area contributed by atoms with Gasteiger partial charge in [-0.05, 0) is 72.6 Å². The molecule has 4 heterocycles. The highest BCUT2D eigenvalue weighted by Gasteiger charge is 2.25. The van der Waals surface area contributed by atoms with Gasteiger partial charge >= 0.3 is 0 Å². The summed E-state index contributed by atoms with van der Waals surface area (Å²) in [5.74, 6) is -0.225. The second-order valence-corrected chi connectivity index (χ2v) is 9.76. The van der Waals surface area contributed by atoms with E-state index in [0.29, 0.717) is 11.4 Å². The normalized spacial score (nSPS) is 13.5. The number of benzene rings is 2. The summed E-state index contributed by atoms with van der Waals surface area (Å²) in [4.78, 5) is 35.7. The molecule has 1 aliphatic rings. The van der Waals surface area contributed by atoms with Crippen molar-refractivity contribution in [2.24, 2.45) is 0 Å². The van der Waals surface area contributed by atoms with E-state index in [1.54, 1.807) is 4.40 Å². The molecule has 1 N–H and O–H groups in total. The van der Waals surface area contributed by atoms with Gasteiger partial charge in [0.2, 0.25) is 0 Å². The number of amides is 1. The van der Waals surface area contributed by atoms with Crippen molar-refractivity contribution >= 4 is 34.4 Å². The molecule has 1 aliphatic heterocycles. The Morgan fingerprint density at radius 1 is 0.795 bits per heavy atom. The van der Waals surface area contributed by atoms with Crippen LogP contribution < -0.4 is 15.1 Å². The van der Waals surface area contributed by atoms with E-state index in [1.807, 2.05) is 97.3 Å². The number of hydrogen-bond acceptors (Lipinski definition) is 5. The van der Waals surface area contributed by atoms with Crippen molar-refractivity contribution in [3.8, 4) is 11.1 Å². The number of carbonyl (C=O) groups is 2. The maximum absolute atomic E-state index is 13.5. The number of aromatic nitrogens is 2. The average Bonchev–Trinajstić information content (AvgIpc) is 3.37. The number of fused-ring (bicyclic) bond motifs is 1. The van der Waals surface area contributed by atoms with E-state index < -0.39 is 11.7 Å². The van der Waals surface area contributed by atoms with Crippen molar-refractivity contribution < 1.29 is 9.59 Å². The van der Waals surface area contributed by atoms with Gasteiger partial charge in [0.25, 0.3) is 11.7 Å². The molecule has 1 amide bonds. The van der Waals surface area contributed by atoms with Gasteiger partial charge in [0.05, 0.1) is 0 Å². The Morgan fingerprint density at radius 2 is 1.51 bits per heavy atom. The Labute approximate surface area is 227 Å². The third kappa shape index (κ3) is 4.99. The first kappa shape index (κ1) is 24.4. The lowest BCUT2D eigenvalue weighted by Gasteiger charge is -2.36. The van der Waals surface area contributed by atoms with Crippen molar-refractivity contribution in [2.75, 3.05) is 41.3 Å². The van der Waals surface area contributed by atoms with Crippen molar-refractivity contribution in [2.45, 2.75) is 6.92 Å². The van der Waals surface area contributed by atoms with Crippen LogP contribution in [-0.4, -0.2) is 47.3 Å². The van der Waals surface area contributed by atoms with Crippen LogP contribution in [0.1, 0.15) is 16.1 Å². The summed E-state index contributed by atoms with van der Waals surface area (Å²) in [7, 11) is 0. The minimum absolute atomic E-state index is 0.354. The SMILES string of the molecule is Cc1ccnc(N2CCN(c3ccc(NC(=O)C(=O)c4c(-c5ccccc5)cc5ccccn45)cc3)CC2)c1. The largest absolute Gasteiger partial charge is 0.368 e. The number of hydrogen-bond donors (Lipinski definition) is 1.